The van der Waals surface area contributed by atoms with Crippen molar-refractivity contribution in [1.82, 2.24) is 0 Å². The van der Waals surface area contributed by atoms with Gasteiger partial charge >= 0.3 is 5.97 Å². The van der Waals surface area contributed by atoms with Crippen LogP contribution >= 0.6 is 23.2 Å². The number of hydrogen-bond acceptors (Lipinski definition) is 6. The molecule has 0 saturated carbocycles. The number of esters is 1. The molecule has 0 saturated heterocycles. The first kappa shape index (κ1) is 22.9. The quantitative estimate of drug-likeness (QED) is 0.168. The van der Waals surface area contributed by atoms with E-state index in [2.05, 4.69) is 0 Å². The second-order valence-electron chi connectivity index (χ2n) is 5.68. The zero-order valence-electron chi connectivity index (χ0n) is 16.4. The number of carbonyl (C=O) groups is 1. The highest BCUT2D eigenvalue weighted by molar-refractivity contribution is 6.37. The van der Waals surface area contributed by atoms with Crippen molar-refractivity contribution in [3.8, 4) is 11.5 Å². The molecule has 0 aliphatic carbocycles. The summed E-state index contributed by atoms with van der Waals surface area (Å²) < 4.78 is 26.3. The monoisotopic (exact) mass is 440 g/mol. The molecule has 0 bridgehead atoms. The van der Waals surface area contributed by atoms with E-state index in [0.717, 1.165) is 5.56 Å². The van der Waals surface area contributed by atoms with Gasteiger partial charge in [-0.2, -0.15) is 0 Å². The van der Waals surface area contributed by atoms with Crippen molar-refractivity contribution in [2.75, 3.05) is 27.6 Å². The molecule has 0 heterocycles. The maximum Gasteiger partial charge on any atom is 0.341 e. The Morgan fingerprint density at radius 3 is 2.38 bits per heavy atom. The van der Waals surface area contributed by atoms with Gasteiger partial charge in [0.2, 0.25) is 0 Å². The van der Waals surface area contributed by atoms with Crippen LogP contribution in [-0.4, -0.2) is 33.6 Å². The molecule has 156 valence electrons. The van der Waals surface area contributed by atoms with E-state index in [1.807, 2.05) is 25.1 Å². The van der Waals surface area contributed by atoms with Crippen LogP contribution in [0.3, 0.4) is 0 Å². The number of carbonyl (C=O) groups excluding carboxylic acids is 1. The van der Waals surface area contributed by atoms with Crippen molar-refractivity contribution in [2.24, 2.45) is 0 Å². The lowest BCUT2D eigenvalue weighted by molar-refractivity contribution is -0.133. The molecule has 0 unspecified atom stereocenters. The lowest BCUT2D eigenvalue weighted by Crippen LogP contribution is -2.08. The summed E-state index contributed by atoms with van der Waals surface area (Å²) in [7, 11) is 2.77. The Morgan fingerprint density at radius 1 is 1.07 bits per heavy atom. The van der Waals surface area contributed by atoms with Crippen LogP contribution in [0.2, 0.25) is 10.0 Å². The summed E-state index contributed by atoms with van der Waals surface area (Å²) >= 11 is 12.5. The van der Waals surface area contributed by atoms with E-state index in [1.165, 1.54) is 20.5 Å². The van der Waals surface area contributed by atoms with E-state index >= 15 is 0 Å². The van der Waals surface area contributed by atoms with Gasteiger partial charge in [-0.15, -0.1) is 0 Å². The summed E-state index contributed by atoms with van der Waals surface area (Å²) in [5, 5.41) is 0.602. The highest BCUT2D eigenvalue weighted by Crippen LogP contribution is 2.37. The first-order chi connectivity index (χ1) is 14.0. The van der Waals surface area contributed by atoms with Gasteiger partial charge in [-0.1, -0.05) is 47.5 Å². The van der Waals surface area contributed by atoms with Crippen molar-refractivity contribution in [3.05, 3.63) is 63.8 Å². The van der Waals surface area contributed by atoms with E-state index < -0.39 is 5.97 Å². The zero-order valence-corrected chi connectivity index (χ0v) is 17.9. The zero-order chi connectivity index (χ0) is 21.2. The SMILES string of the molecule is CCOCOc1c(Cl)cc(OCc2ccccc2/C(=C\OC)C(=O)OC)cc1Cl. The summed E-state index contributed by atoms with van der Waals surface area (Å²) in [5.74, 6) is 0.264. The van der Waals surface area contributed by atoms with Crippen LogP contribution in [0.15, 0.2) is 42.7 Å². The largest absolute Gasteiger partial charge is 0.503 e. The van der Waals surface area contributed by atoms with Crippen molar-refractivity contribution in [3.63, 3.8) is 0 Å². The Morgan fingerprint density at radius 2 is 1.76 bits per heavy atom. The van der Waals surface area contributed by atoms with Crippen molar-refractivity contribution < 1.29 is 28.5 Å². The third-order valence-electron chi connectivity index (χ3n) is 3.81. The van der Waals surface area contributed by atoms with Gasteiger partial charge in [0.1, 0.15) is 17.9 Å². The van der Waals surface area contributed by atoms with Crippen molar-refractivity contribution in [2.45, 2.75) is 13.5 Å². The lowest BCUT2D eigenvalue weighted by Gasteiger charge is -2.14. The third-order valence-corrected chi connectivity index (χ3v) is 4.37. The van der Waals surface area contributed by atoms with Gasteiger partial charge in [0.15, 0.2) is 12.5 Å². The minimum atomic E-state index is -0.513. The molecule has 0 aromatic heterocycles. The van der Waals surface area contributed by atoms with Crippen LogP contribution in [0.5, 0.6) is 11.5 Å². The van der Waals surface area contributed by atoms with Crippen LogP contribution in [0.4, 0.5) is 0 Å². The first-order valence-electron chi connectivity index (χ1n) is 8.73. The van der Waals surface area contributed by atoms with Crippen LogP contribution < -0.4 is 9.47 Å². The number of methoxy groups -OCH3 is 2. The Bertz CT molecular complexity index is 843. The van der Waals surface area contributed by atoms with Gasteiger partial charge in [-0.25, -0.2) is 4.79 Å². The molecular weight excluding hydrogens is 419 g/mol. The number of rotatable bonds is 10. The predicted molar refractivity (Wildman–Crippen MR) is 111 cm³/mol. The molecule has 0 aliphatic heterocycles. The van der Waals surface area contributed by atoms with E-state index in [-0.39, 0.29) is 19.0 Å². The Hall–Kier alpha value is -2.41. The van der Waals surface area contributed by atoms with Crippen LogP contribution in [0.25, 0.3) is 5.57 Å². The maximum absolute atomic E-state index is 12.1. The highest BCUT2D eigenvalue weighted by atomic mass is 35.5. The van der Waals surface area contributed by atoms with Crippen LogP contribution in [-0.2, 0) is 25.6 Å². The van der Waals surface area contributed by atoms with E-state index in [4.69, 9.17) is 46.9 Å². The fraction of sp³-hybridized carbons (Fsp3) is 0.286. The summed E-state index contributed by atoms with van der Waals surface area (Å²) in [6.45, 7) is 2.58. The second-order valence-corrected chi connectivity index (χ2v) is 6.49. The molecule has 0 aliphatic rings. The number of ether oxygens (including phenoxy) is 5. The topological polar surface area (TPSA) is 63.2 Å². The molecule has 0 radical (unpaired) electrons. The van der Waals surface area contributed by atoms with E-state index in [0.29, 0.717) is 33.7 Å². The summed E-state index contributed by atoms with van der Waals surface area (Å²) in [6.07, 6.45) is 1.34. The summed E-state index contributed by atoms with van der Waals surface area (Å²) in [5.41, 5.74) is 1.67. The average Bonchev–Trinajstić information content (AvgIpc) is 2.72. The maximum atomic E-state index is 12.1. The van der Waals surface area contributed by atoms with E-state index in [9.17, 15) is 4.79 Å². The molecule has 2 aromatic rings. The highest BCUT2D eigenvalue weighted by Gasteiger charge is 2.17. The Kier molecular flexibility index (Phi) is 9.12. The van der Waals surface area contributed by atoms with E-state index in [1.54, 1.807) is 18.2 Å². The van der Waals surface area contributed by atoms with Gasteiger partial charge < -0.3 is 23.7 Å². The molecule has 8 heteroatoms. The predicted octanol–water partition coefficient (Wildman–Crippen LogP) is 5.11. The average molecular weight is 441 g/mol. The summed E-state index contributed by atoms with van der Waals surface area (Å²) in [6, 6.07) is 10.5. The van der Waals surface area contributed by atoms with Crippen LogP contribution in [0, 0.1) is 0 Å². The van der Waals surface area contributed by atoms with Gasteiger partial charge in [0.25, 0.3) is 0 Å². The Balaban J connectivity index is 2.20. The molecule has 0 amide bonds. The lowest BCUT2D eigenvalue weighted by atomic mass is 10.0. The normalized spacial score (nSPS) is 11.1. The molecule has 2 rings (SSSR count). The van der Waals surface area contributed by atoms with Gasteiger partial charge in [0, 0.05) is 18.7 Å². The fourth-order valence-electron chi connectivity index (χ4n) is 2.46. The Labute approximate surface area is 179 Å². The van der Waals surface area contributed by atoms with Gasteiger partial charge in [-0.05, 0) is 18.1 Å². The number of hydrogen-bond donors (Lipinski definition) is 0. The third kappa shape index (κ3) is 6.29. The minimum Gasteiger partial charge on any atom is -0.503 e. The number of halogens is 2. The molecule has 0 spiro atoms. The molecule has 0 atom stereocenters. The second kappa shape index (κ2) is 11.6. The smallest absolute Gasteiger partial charge is 0.341 e. The molecule has 0 N–H and O–H groups in total. The fourth-order valence-corrected chi connectivity index (χ4v) is 3.04. The standard InChI is InChI=1S/C21H22Cl2O6/c1-4-27-13-29-20-18(22)9-15(10-19(20)23)28-11-14-7-5-6-8-16(14)17(12-25-2)21(24)26-3/h5-10,12H,4,11,13H2,1-3H3/b17-12+. The molecular formula is C21H22Cl2O6. The molecule has 2 aromatic carbocycles. The molecule has 0 fully saturated rings. The first-order valence-corrected chi connectivity index (χ1v) is 9.49. The molecule has 6 nitrogen and oxygen atoms in total. The minimum absolute atomic E-state index is 0.0473. The van der Waals surface area contributed by atoms with Crippen molar-refractivity contribution >= 4 is 34.7 Å². The van der Waals surface area contributed by atoms with Gasteiger partial charge in [-0.3, -0.25) is 0 Å². The van der Waals surface area contributed by atoms with Crippen molar-refractivity contribution in [1.29, 1.82) is 0 Å². The van der Waals surface area contributed by atoms with Gasteiger partial charge in [0.05, 0.1) is 30.5 Å². The van der Waals surface area contributed by atoms with Crippen LogP contribution in [0.1, 0.15) is 18.1 Å². The molecule has 29 heavy (non-hydrogen) atoms. The summed E-state index contributed by atoms with van der Waals surface area (Å²) in [4.78, 5) is 12.1. The number of benzene rings is 2.